The van der Waals surface area contributed by atoms with Crippen LogP contribution in [0.2, 0.25) is 0 Å². The fraction of sp³-hybridized carbons (Fsp3) is 0.833. The van der Waals surface area contributed by atoms with Crippen molar-refractivity contribution in [2.24, 2.45) is 40.4 Å². The Hall–Kier alpha value is -1.16. The molecule has 1 amide bonds. The Morgan fingerprint density at radius 1 is 1.11 bits per heavy atom. The van der Waals surface area contributed by atoms with Gasteiger partial charge in [-0.25, -0.2) is 0 Å². The Kier molecular flexibility index (Phi) is 5.01. The Balaban J connectivity index is 1.60. The average Bonchev–Trinajstić information content (AvgIpc) is 3.00. The first-order valence-corrected chi connectivity index (χ1v) is 11.3. The molecule has 4 aliphatic rings. The van der Waals surface area contributed by atoms with Gasteiger partial charge in [0.15, 0.2) is 5.78 Å². The van der Waals surface area contributed by atoms with Gasteiger partial charge in [-0.1, -0.05) is 19.9 Å². The Labute approximate surface area is 170 Å². The van der Waals surface area contributed by atoms with Gasteiger partial charge in [0, 0.05) is 12.0 Å². The van der Waals surface area contributed by atoms with E-state index in [2.05, 4.69) is 45.1 Å². The molecule has 0 aromatic carbocycles. The molecule has 0 saturated heterocycles. The summed E-state index contributed by atoms with van der Waals surface area (Å²) >= 11 is 0. The first-order valence-electron chi connectivity index (χ1n) is 11.3. The van der Waals surface area contributed by atoms with Gasteiger partial charge >= 0.3 is 0 Å². The van der Waals surface area contributed by atoms with Crippen LogP contribution in [0.25, 0.3) is 0 Å². The van der Waals surface area contributed by atoms with Gasteiger partial charge in [-0.05, 0) is 100 Å². The standard InChI is InChI=1S/C24H38N2O2/c1-15(26(4)5)17-8-9-18-16-6-7-20-22(28)21(25-14-27)11-13-24(20,3)19(16)10-12-23(17,18)2/h11,14-20H,6-10,12-13H2,1-5H3,(H,25,27)/t15-,16-,17+,18+,19-,20-,23+,24+/m0/s1. The van der Waals surface area contributed by atoms with Crippen LogP contribution >= 0.6 is 0 Å². The summed E-state index contributed by atoms with van der Waals surface area (Å²) in [4.78, 5) is 26.3. The number of hydrogen-bond acceptors (Lipinski definition) is 3. The summed E-state index contributed by atoms with van der Waals surface area (Å²) in [5.41, 5.74) is 1.06. The number of hydrogen-bond donors (Lipinski definition) is 1. The van der Waals surface area contributed by atoms with E-state index in [4.69, 9.17) is 0 Å². The molecule has 0 aliphatic heterocycles. The van der Waals surface area contributed by atoms with E-state index in [-0.39, 0.29) is 17.1 Å². The van der Waals surface area contributed by atoms with E-state index in [0.717, 1.165) is 30.6 Å². The third-order valence-electron chi connectivity index (χ3n) is 9.88. The van der Waals surface area contributed by atoms with Crippen molar-refractivity contribution in [3.63, 3.8) is 0 Å². The van der Waals surface area contributed by atoms with E-state index in [0.29, 0.717) is 29.5 Å². The van der Waals surface area contributed by atoms with Crippen LogP contribution in [-0.4, -0.2) is 37.2 Å². The zero-order chi connectivity index (χ0) is 20.3. The number of fused-ring (bicyclic) bond motifs is 5. The molecule has 0 aromatic heterocycles. The van der Waals surface area contributed by atoms with Crippen molar-refractivity contribution in [2.75, 3.05) is 14.1 Å². The SMILES string of the molecule is C[C@@H]([C@H]1CC[C@@H]2[C@@H]3CC[C@H]4C(=O)C(NC=O)=CC[C@]4(C)[C@H]3CC[C@@]21C)N(C)C. The summed E-state index contributed by atoms with van der Waals surface area (Å²) in [7, 11) is 4.45. The largest absolute Gasteiger partial charge is 0.326 e. The van der Waals surface area contributed by atoms with Crippen molar-refractivity contribution in [1.29, 1.82) is 0 Å². The molecule has 3 fully saturated rings. The lowest BCUT2D eigenvalue weighted by Gasteiger charge is -2.60. The van der Waals surface area contributed by atoms with Crippen LogP contribution in [0, 0.1) is 40.4 Å². The van der Waals surface area contributed by atoms with Crippen molar-refractivity contribution in [3.05, 3.63) is 11.8 Å². The Bertz CT molecular complexity index is 686. The summed E-state index contributed by atoms with van der Waals surface area (Å²) in [5.74, 6) is 3.28. The quantitative estimate of drug-likeness (QED) is 0.743. The zero-order valence-electron chi connectivity index (χ0n) is 18.3. The molecule has 8 atom stereocenters. The van der Waals surface area contributed by atoms with Gasteiger partial charge in [-0.15, -0.1) is 0 Å². The molecule has 0 radical (unpaired) electrons. The second-order valence-corrected chi connectivity index (χ2v) is 10.9. The molecule has 1 N–H and O–H groups in total. The lowest BCUT2D eigenvalue weighted by molar-refractivity contribution is -0.140. The van der Waals surface area contributed by atoms with Crippen LogP contribution in [0.1, 0.15) is 65.7 Å². The number of allylic oxidation sites excluding steroid dienone is 2. The van der Waals surface area contributed by atoms with Gasteiger partial charge in [0.2, 0.25) is 6.41 Å². The number of Topliss-reactive ketones (excluding diaryl/α,β-unsaturated/α-hetero) is 1. The predicted octanol–water partition coefficient (Wildman–Crippen LogP) is 4.01. The zero-order valence-corrected chi connectivity index (χ0v) is 18.3. The molecular weight excluding hydrogens is 348 g/mol. The summed E-state index contributed by atoms with van der Waals surface area (Å²) in [6, 6.07) is 0.634. The second kappa shape index (κ2) is 6.97. The fourth-order valence-corrected chi connectivity index (χ4v) is 8.18. The molecule has 28 heavy (non-hydrogen) atoms. The van der Waals surface area contributed by atoms with E-state index in [1.165, 1.54) is 32.1 Å². The minimum atomic E-state index is 0.0701. The van der Waals surface area contributed by atoms with Crippen molar-refractivity contribution >= 4 is 12.2 Å². The third-order valence-corrected chi connectivity index (χ3v) is 9.88. The smallest absolute Gasteiger partial charge is 0.211 e. The van der Waals surface area contributed by atoms with Crippen LogP contribution in [0.3, 0.4) is 0 Å². The highest BCUT2D eigenvalue weighted by molar-refractivity contribution is 5.99. The van der Waals surface area contributed by atoms with Crippen LogP contribution in [0.5, 0.6) is 0 Å². The van der Waals surface area contributed by atoms with E-state index in [1.54, 1.807) is 0 Å². The maximum Gasteiger partial charge on any atom is 0.211 e. The van der Waals surface area contributed by atoms with E-state index in [9.17, 15) is 9.59 Å². The number of carbonyl (C=O) groups excluding carboxylic acids is 2. The minimum Gasteiger partial charge on any atom is -0.326 e. The number of nitrogens with zero attached hydrogens (tertiary/aromatic N) is 1. The number of nitrogens with one attached hydrogen (secondary N) is 1. The molecule has 4 heteroatoms. The lowest BCUT2D eigenvalue weighted by Crippen LogP contribution is -2.56. The van der Waals surface area contributed by atoms with E-state index in [1.807, 2.05) is 6.08 Å². The monoisotopic (exact) mass is 386 g/mol. The first-order chi connectivity index (χ1) is 13.2. The predicted molar refractivity (Wildman–Crippen MR) is 111 cm³/mol. The maximum absolute atomic E-state index is 13.0. The molecule has 4 aliphatic carbocycles. The topological polar surface area (TPSA) is 49.4 Å². The molecule has 0 spiro atoms. The summed E-state index contributed by atoms with van der Waals surface area (Å²) in [6.07, 6.45) is 11.1. The van der Waals surface area contributed by atoms with Crippen molar-refractivity contribution < 1.29 is 9.59 Å². The molecule has 4 nitrogen and oxygen atoms in total. The highest BCUT2D eigenvalue weighted by Gasteiger charge is 2.61. The lowest BCUT2D eigenvalue weighted by atomic mass is 9.45. The molecule has 156 valence electrons. The molecule has 0 bridgehead atoms. The number of amides is 1. The van der Waals surface area contributed by atoms with E-state index >= 15 is 0 Å². The third kappa shape index (κ3) is 2.74. The van der Waals surface area contributed by atoms with Gasteiger partial charge in [0.25, 0.3) is 0 Å². The summed E-state index contributed by atoms with van der Waals surface area (Å²) in [6.45, 7) is 7.37. The number of ketones is 1. The second-order valence-electron chi connectivity index (χ2n) is 10.9. The van der Waals surface area contributed by atoms with Crippen LogP contribution < -0.4 is 5.32 Å². The molecule has 0 aromatic rings. The van der Waals surface area contributed by atoms with Crippen molar-refractivity contribution in [1.82, 2.24) is 10.2 Å². The fourth-order valence-electron chi connectivity index (χ4n) is 8.18. The molecule has 4 rings (SSSR count). The minimum absolute atomic E-state index is 0.0701. The van der Waals surface area contributed by atoms with E-state index < -0.39 is 0 Å². The van der Waals surface area contributed by atoms with Gasteiger partial charge in [-0.2, -0.15) is 0 Å². The van der Waals surface area contributed by atoms with Crippen LogP contribution in [0.15, 0.2) is 11.8 Å². The number of carbonyl (C=O) groups is 2. The molecule has 0 unspecified atom stereocenters. The summed E-state index contributed by atoms with van der Waals surface area (Å²) in [5, 5.41) is 2.65. The molecule has 0 heterocycles. The number of rotatable bonds is 4. The highest BCUT2D eigenvalue weighted by Crippen LogP contribution is 2.67. The Morgan fingerprint density at radius 3 is 2.50 bits per heavy atom. The van der Waals surface area contributed by atoms with Crippen molar-refractivity contribution in [3.8, 4) is 0 Å². The van der Waals surface area contributed by atoms with Crippen LogP contribution in [0.4, 0.5) is 0 Å². The van der Waals surface area contributed by atoms with Gasteiger partial charge in [0.05, 0.1) is 5.70 Å². The van der Waals surface area contributed by atoms with Crippen molar-refractivity contribution in [2.45, 2.75) is 71.8 Å². The van der Waals surface area contributed by atoms with Gasteiger partial charge in [0.1, 0.15) is 0 Å². The Morgan fingerprint density at radius 2 is 1.82 bits per heavy atom. The van der Waals surface area contributed by atoms with Gasteiger partial charge < -0.3 is 10.2 Å². The van der Waals surface area contributed by atoms with Gasteiger partial charge in [-0.3, -0.25) is 9.59 Å². The van der Waals surface area contributed by atoms with Crippen LogP contribution in [-0.2, 0) is 9.59 Å². The molecular formula is C24H38N2O2. The first kappa shape index (κ1) is 20.1. The summed E-state index contributed by atoms with van der Waals surface area (Å²) < 4.78 is 0. The maximum atomic E-state index is 13.0. The average molecular weight is 387 g/mol. The highest BCUT2D eigenvalue weighted by atomic mass is 16.1. The molecule has 3 saturated carbocycles. The normalized spacial score (nSPS) is 46.3.